The van der Waals surface area contributed by atoms with E-state index in [2.05, 4.69) is 161 Å². The van der Waals surface area contributed by atoms with Gasteiger partial charge in [-0.3, -0.25) is 4.98 Å². The van der Waals surface area contributed by atoms with Crippen LogP contribution in [0, 0.1) is 11.3 Å². The summed E-state index contributed by atoms with van der Waals surface area (Å²) in [5, 5.41) is 20.3. The summed E-state index contributed by atoms with van der Waals surface area (Å²) in [6.07, 6.45) is 3.74. The molecule has 0 saturated heterocycles. The molecule has 55 heavy (non-hydrogen) atoms. The van der Waals surface area contributed by atoms with Gasteiger partial charge in [-0.2, -0.15) is 5.26 Å². The Bertz CT molecular complexity index is 3360. The molecule has 11 rings (SSSR count). The van der Waals surface area contributed by atoms with Gasteiger partial charge in [-0.1, -0.05) is 109 Å². The van der Waals surface area contributed by atoms with Gasteiger partial charge < -0.3 is 4.57 Å². The van der Waals surface area contributed by atoms with Crippen LogP contribution in [0.3, 0.4) is 0 Å². The fourth-order valence-corrected chi connectivity index (χ4v) is 8.55. The van der Waals surface area contributed by atoms with Crippen LogP contribution in [-0.4, -0.2) is 14.5 Å². The van der Waals surface area contributed by atoms with E-state index in [-0.39, 0.29) is 0 Å². The van der Waals surface area contributed by atoms with Gasteiger partial charge in [-0.15, -0.1) is 0 Å². The molecule has 4 heteroatoms. The van der Waals surface area contributed by atoms with Crippen LogP contribution in [0.25, 0.3) is 104 Å². The minimum Gasteiger partial charge on any atom is -0.309 e. The molecule has 254 valence electrons. The van der Waals surface area contributed by atoms with Crippen LogP contribution < -0.4 is 0 Å². The fourth-order valence-electron chi connectivity index (χ4n) is 8.55. The average molecular weight is 699 g/mol. The highest BCUT2D eigenvalue weighted by atomic mass is 15.0. The van der Waals surface area contributed by atoms with E-state index >= 15 is 0 Å². The molecule has 0 saturated carbocycles. The number of para-hydroxylation sites is 2. The van der Waals surface area contributed by atoms with E-state index < -0.39 is 0 Å². The second-order valence-corrected chi connectivity index (χ2v) is 14.1. The highest BCUT2D eigenvalue weighted by Gasteiger charge is 2.19. The monoisotopic (exact) mass is 698 g/mol. The molecule has 0 amide bonds. The van der Waals surface area contributed by atoms with Crippen molar-refractivity contribution in [1.29, 1.82) is 5.26 Å². The van der Waals surface area contributed by atoms with E-state index in [0.717, 1.165) is 77.3 Å². The van der Waals surface area contributed by atoms with Crippen LogP contribution in [0.2, 0.25) is 0 Å². The number of aromatic nitrogens is 3. The molecule has 0 spiro atoms. The first-order valence-electron chi connectivity index (χ1n) is 18.5. The zero-order valence-corrected chi connectivity index (χ0v) is 29.6. The Morgan fingerprint density at radius 1 is 0.436 bits per heavy atom. The lowest BCUT2D eigenvalue weighted by Crippen LogP contribution is -1.94. The summed E-state index contributed by atoms with van der Waals surface area (Å²) < 4.78 is 2.28. The van der Waals surface area contributed by atoms with Gasteiger partial charge in [-0.25, -0.2) is 4.98 Å². The molecular weight excluding hydrogens is 669 g/mol. The number of fused-ring (bicyclic) bond motifs is 11. The standard InChI is InChI=1S/C51H30N4/c52-30-32-16-24-47-44(27-32)45-29-35(22-25-48(45)55(47)38-10-2-1-3-11-38)33-17-19-34(20-18-33)51-50-41-23-21-36(37-9-8-26-53-31-37)28-43(41)39-12-4-5-13-40(39)49(50)42-14-6-7-15-46(42)54-51/h1-29,31H. The number of hydrogen-bond acceptors (Lipinski definition) is 3. The Kier molecular flexibility index (Phi) is 6.89. The molecule has 11 aromatic rings. The predicted molar refractivity (Wildman–Crippen MR) is 227 cm³/mol. The number of pyridine rings is 2. The van der Waals surface area contributed by atoms with Crippen molar-refractivity contribution in [3.63, 3.8) is 0 Å². The molecule has 8 aromatic carbocycles. The van der Waals surface area contributed by atoms with Crippen molar-refractivity contribution in [3.8, 4) is 45.3 Å². The predicted octanol–water partition coefficient (Wildman–Crippen LogP) is 13.1. The summed E-state index contributed by atoms with van der Waals surface area (Å²) in [4.78, 5) is 9.79. The van der Waals surface area contributed by atoms with Crippen LogP contribution in [-0.2, 0) is 0 Å². The molecule has 3 aromatic heterocycles. The topological polar surface area (TPSA) is 54.5 Å². The largest absolute Gasteiger partial charge is 0.309 e. The number of rotatable bonds is 4. The van der Waals surface area contributed by atoms with Crippen molar-refractivity contribution < 1.29 is 0 Å². The summed E-state index contributed by atoms with van der Waals surface area (Å²) in [6, 6.07) is 62.3. The second kappa shape index (κ2) is 12.2. The maximum atomic E-state index is 9.78. The Balaban J connectivity index is 1.12. The van der Waals surface area contributed by atoms with Gasteiger partial charge in [0.2, 0.25) is 0 Å². The van der Waals surface area contributed by atoms with E-state index in [1.165, 1.54) is 26.9 Å². The highest BCUT2D eigenvalue weighted by molar-refractivity contribution is 6.33. The van der Waals surface area contributed by atoms with Gasteiger partial charge in [0.1, 0.15) is 0 Å². The van der Waals surface area contributed by atoms with E-state index in [4.69, 9.17) is 4.98 Å². The van der Waals surface area contributed by atoms with Gasteiger partial charge in [0.05, 0.1) is 33.9 Å². The summed E-state index contributed by atoms with van der Waals surface area (Å²) >= 11 is 0. The van der Waals surface area contributed by atoms with Crippen molar-refractivity contribution in [2.24, 2.45) is 0 Å². The van der Waals surface area contributed by atoms with Crippen LogP contribution in [0.15, 0.2) is 182 Å². The van der Waals surface area contributed by atoms with Crippen LogP contribution >= 0.6 is 0 Å². The lowest BCUT2D eigenvalue weighted by Gasteiger charge is -2.17. The third-order valence-electron chi connectivity index (χ3n) is 11.1. The van der Waals surface area contributed by atoms with Crippen LogP contribution in [0.5, 0.6) is 0 Å². The van der Waals surface area contributed by atoms with E-state index in [1.807, 2.05) is 36.7 Å². The zero-order valence-electron chi connectivity index (χ0n) is 29.6. The number of nitriles is 1. The quantitative estimate of drug-likeness (QED) is 0.172. The molecule has 0 bridgehead atoms. The Hall–Kier alpha value is -7.61. The maximum Gasteiger partial charge on any atom is 0.0991 e. The van der Waals surface area contributed by atoms with Crippen LogP contribution in [0.1, 0.15) is 5.56 Å². The first-order chi connectivity index (χ1) is 27.2. The maximum absolute atomic E-state index is 9.78. The lowest BCUT2D eigenvalue weighted by atomic mass is 9.88. The molecule has 0 atom stereocenters. The Morgan fingerprint density at radius 3 is 1.87 bits per heavy atom. The smallest absolute Gasteiger partial charge is 0.0991 e. The third kappa shape index (κ3) is 4.84. The molecule has 0 aliphatic heterocycles. The minimum absolute atomic E-state index is 0.651. The average Bonchev–Trinajstić information content (AvgIpc) is 3.59. The van der Waals surface area contributed by atoms with Gasteiger partial charge in [0.15, 0.2) is 0 Å². The van der Waals surface area contributed by atoms with Crippen molar-refractivity contribution in [3.05, 3.63) is 188 Å². The second-order valence-electron chi connectivity index (χ2n) is 14.1. The van der Waals surface area contributed by atoms with Crippen molar-refractivity contribution in [2.75, 3.05) is 0 Å². The van der Waals surface area contributed by atoms with E-state index in [0.29, 0.717) is 5.56 Å². The van der Waals surface area contributed by atoms with Crippen LogP contribution in [0.4, 0.5) is 0 Å². The normalized spacial score (nSPS) is 11.6. The molecule has 0 radical (unpaired) electrons. The molecule has 0 N–H and O–H groups in total. The molecule has 0 aliphatic carbocycles. The number of hydrogen-bond donors (Lipinski definition) is 0. The summed E-state index contributed by atoms with van der Waals surface area (Å²) in [6.45, 7) is 0. The molecule has 4 nitrogen and oxygen atoms in total. The molecule has 3 heterocycles. The van der Waals surface area contributed by atoms with Gasteiger partial charge in [-0.05, 0) is 98.9 Å². The van der Waals surface area contributed by atoms with Crippen molar-refractivity contribution >= 4 is 65.0 Å². The number of nitrogens with zero attached hydrogens (tertiary/aromatic N) is 4. The lowest BCUT2D eigenvalue weighted by molar-refractivity contribution is 1.18. The van der Waals surface area contributed by atoms with Gasteiger partial charge in [0.25, 0.3) is 0 Å². The fraction of sp³-hybridized carbons (Fsp3) is 0. The van der Waals surface area contributed by atoms with E-state index in [1.54, 1.807) is 0 Å². The SMILES string of the molecule is N#Cc1ccc2c(c1)c1cc(-c3ccc(-c4nc5ccccc5c5c6ccccc6c6cc(-c7cccnc7)ccc6c45)cc3)ccc1n2-c1ccccc1. The Morgan fingerprint density at radius 2 is 1.07 bits per heavy atom. The van der Waals surface area contributed by atoms with Gasteiger partial charge >= 0.3 is 0 Å². The summed E-state index contributed by atoms with van der Waals surface area (Å²) in [5.41, 5.74) is 11.4. The molecule has 0 aliphatic rings. The Labute approximate surface area is 316 Å². The minimum atomic E-state index is 0.651. The van der Waals surface area contributed by atoms with Crippen molar-refractivity contribution in [1.82, 2.24) is 14.5 Å². The third-order valence-corrected chi connectivity index (χ3v) is 11.1. The van der Waals surface area contributed by atoms with Gasteiger partial charge in [0, 0.05) is 56.1 Å². The zero-order chi connectivity index (χ0) is 36.5. The molecular formula is C51H30N4. The van der Waals surface area contributed by atoms with E-state index in [9.17, 15) is 5.26 Å². The molecule has 0 unspecified atom stereocenters. The summed E-state index contributed by atoms with van der Waals surface area (Å²) in [7, 11) is 0. The molecule has 0 fully saturated rings. The first-order valence-corrected chi connectivity index (χ1v) is 18.5. The summed E-state index contributed by atoms with van der Waals surface area (Å²) in [5.74, 6) is 0. The first kappa shape index (κ1) is 31.0. The van der Waals surface area contributed by atoms with Crippen molar-refractivity contribution in [2.45, 2.75) is 0 Å². The number of benzene rings is 8. The highest BCUT2D eigenvalue weighted by Crippen LogP contribution is 2.44.